The molecule has 8 heteroatoms. The molecule has 31 heavy (non-hydrogen) atoms. The van der Waals surface area contributed by atoms with Crippen molar-refractivity contribution in [1.29, 1.82) is 0 Å². The number of methoxy groups -OCH3 is 1. The minimum Gasteiger partial charge on any atom is -0.497 e. The van der Waals surface area contributed by atoms with Gasteiger partial charge >= 0.3 is 5.97 Å². The summed E-state index contributed by atoms with van der Waals surface area (Å²) in [6.07, 6.45) is 0. The molecule has 1 aliphatic heterocycles. The van der Waals surface area contributed by atoms with Gasteiger partial charge in [0.25, 0.3) is 5.91 Å². The lowest BCUT2D eigenvalue weighted by atomic mass is 9.93. The molecule has 0 unspecified atom stereocenters. The molecule has 0 radical (unpaired) electrons. The lowest BCUT2D eigenvalue weighted by molar-refractivity contribution is 0.0694. The highest BCUT2D eigenvalue weighted by atomic mass is 35.5. The number of nitrogens with zero attached hydrogens (tertiary/aromatic N) is 2. The highest BCUT2D eigenvalue weighted by molar-refractivity contribution is 6.36. The summed E-state index contributed by atoms with van der Waals surface area (Å²) >= 11 is 12.4. The molecule has 1 amide bonds. The number of pyridine rings is 1. The number of aromatic nitrogens is 1. The molecular formula is C23H18Cl2N2O4. The van der Waals surface area contributed by atoms with Crippen LogP contribution in [0.4, 0.5) is 0 Å². The Bertz CT molecular complexity index is 1210. The molecule has 6 nitrogen and oxygen atoms in total. The molecule has 1 aromatic heterocycles. The van der Waals surface area contributed by atoms with Gasteiger partial charge in [-0.05, 0) is 36.8 Å². The van der Waals surface area contributed by atoms with Crippen LogP contribution in [-0.2, 0) is 13.1 Å². The number of hydrogen-bond acceptors (Lipinski definition) is 4. The van der Waals surface area contributed by atoms with Crippen molar-refractivity contribution in [2.75, 3.05) is 7.11 Å². The second-order valence-electron chi connectivity index (χ2n) is 7.21. The van der Waals surface area contributed by atoms with Crippen LogP contribution >= 0.6 is 23.2 Å². The standard InChI is InChI=1S/C23H18Cl2N2O4/c1-12-19(23(29)30)20(16-8-5-14(24)9-18(16)25)17-11-27(22(28)21(17)26-12)10-13-3-6-15(31-2)7-4-13/h3-9H,10-11H2,1-2H3,(H,29,30). The molecule has 0 fully saturated rings. The minimum atomic E-state index is -1.13. The van der Waals surface area contributed by atoms with Gasteiger partial charge in [0.2, 0.25) is 0 Å². The van der Waals surface area contributed by atoms with E-state index in [1.54, 1.807) is 37.1 Å². The first-order chi connectivity index (χ1) is 14.8. The lowest BCUT2D eigenvalue weighted by Crippen LogP contribution is -2.23. The molecule has 0 spiro atoms. The van der Waals surface area contributed by atoms with Gasteiger partial charge in [0.1, 0.15) is 11.4 Å². The number of fused-ring (bicyclic) bond motifs is 1. The van der Waals surface area contributed by atoms with Crippen molar-refractivity contribution >= 4 is 35.1 Å². The van der Waals surface area contributed by atoms with E-state index >= 15 is 0 Å². The zero-order valence-corrected chi connectivity index (χ0v) is 18.3. The Morgan fingerprint density at radius 3 is 2.52 bits per heavy atom. The van der Waals surface area contributed by atoms with E-state index in [0.717, 1.165) is 11.3 Å². The highest BCUT2D eigenvalue weighted by Gasteiger charge is 2.35. The molecule has 2 aromatic carbocycles. The molecular weight excluding hydrogens is 439 g/mol. The van der Waals surface area contributed by atoms with E-state index in [2.05, 4.69) is 4.98 Å². The molecule has 0 saturated carbocycles. The SMILES string of the molecule is COc1ccc(CN2Cc3c(nc(C)c(C(=O)O)c3-c3ccc(Cl)cc3Cl)C2=O)cc1. The molecule has 4 rings (SSSR count). The first-order valence-electron chi connectivity index (χ1n) is 9.44. The van der Waals surface area contributed by atoms with Gasteiger partial charge in [0, 0.05) is 39.8 Å². The van der Waals surface area contributed by atoms with E-state index < -0.39 is 5.97 Å². The Morgan fingerprint density at radius 2 is 1.90 bits per heavy atom. The first-order valence-corrected chi connectivity index (χ1v) is 10.2. The smallest absolute Gasteiger partial charge is 0.338 e. The number of carboxylic acids is 1. The quantitative estimate of drug-likeness (QED) is 0.568. The average Bonchev–Trinajstić information content (AvgIpc) is 3.03. The monoisotopic (exact) mass is 456 g/mol. The van der Waals surface area contributed by atoms with Gasteiger partial charge in [0.15, 0.2) is 0 Å². The Morgan fingerprint density at radius 1 is 1.19 bits per heavy atom. The fraction of sp³-hybridized carbons (Fsp3) is 0.174. The number of aryl methyl sites for hydroxylation is 1. The third-order valence-corrected chi connectivity index (χ3v) is 5.81. The highest BCUT2D eigenvalue weighted by Crippen LogP contribution is 2.40. The van der Waals surface area contributed by atoms with Gasteiger partial charge in [-0.3, -0.25) is 4.79 Å². The number of carboxylic acid groups (broad SMARTS) is 1. The number of aromatic carboxylic acids is 1. The predicted molar refractivity (Wildman–Crippen MR) is 118 cm³/mol. The molecule has 0 saturated heterocycles. The van der Waals surface area contributed by atoms with Gasteiger partial charge < -0.3 is 14.7 Å². The van der Waals surface area contributed by atoms with E-state index in [9.17, 15) is 14.7 Å². The van der Waals surface area contributed by atoms with E-state index in [0.29, 0.717) is 33.3 Å². The largest absolute Gasteiger partial charge is 0.497 e. The molecule has 1 N–H and O–H groups in total. The second-order valence-corrected chi connectivity index (χ2v) is 8.06. The van der Waals surface area contributed by atoms with Crippen molar-refractivity contribution in [3.63, 3.8) is 0 Å². The Labute approximate surface area is 189 Å². The van der Waals surface area contributed by atoms with Gasteiger partial charge in [-0.2, -0.15) is 0 Å². The fourth-order valence-corrected chi connectivity index (χ4v) is 4.32. The summed E-state index contributed by atoms with van der Waals surface area (Å²) in [5.74, 6) is -0.657. The molecule has 0 bridgehead atoms. The molecule has 158 valence electrons. The summed E-state index contributed by atoms with van der Waals surface area (Å²) in [5.41, 5.74) is 2.91. The third-order valence-electron chi connectivity index (χ3n) is 5.26. The van der Waals surface area contributed by atoms with E-state index in [1.807, 2.05) is 24.3 Å². The molecule has 0 aliphatic carbocycles. The average molecular weight is 457 g/mol. The first kappa shape index (κ1) is 21.2. The van der Waals surface area contributed by atoms with Gasteiger partial charge in [-0.25, -0.2) is 9.78 Å². The van der Waals surface area contributed by atoms with Crippen molar-refractivity contribution in [3.05, 3.63) is 80.6 Å². The Balaban J connectivity index is 1.81. The number of hydrogen-bond donors (Lipinski definition) is 1. The number of ether oxygens (including phenoxy) is 1. The van der Waals surface area contributed by atoms with Gasteiger partial charge in [0.05, 0.1) is 18.4 Å². The number of carbonyl (C=O) groups excluding carboxylic acids is 1. The van der Waals surface area contributed by atoms with Crippen LogP contribution in [0.25, 0.3) is 11.1 Å². The summed E-state index contributed by atoms with van der Waals surface area (Å²) < 4.78 is 5.18. The van der Waals surface area contributed by atoms with Crippen molar-refractivity contribution in [2.24, 2.45) is 0 Å². The Kier molecular flexibility index (Phi) is 5.60. The van der Waals surface area contributed by atoms with E-state index in [-0.39, 0.29) is 29.4 Å². The number of carbonyl (C=O) groups is 2. The van der Waals surface area contributed by atoms with Crippen LogP contribution in [0.2, 0.25) is 10.0 Å². The normalized spacial score (nSPS) is 12.8. The number of benzene rings is 2. The predicted octanol–water partition coefficient (Wildman–Crippen LogP) is 5.23. The summed E-state index contributed by atoms with van der Waals surface area (Å²) in [6.45, 7) is 2.16. The summed E-state index contributed by atoms with van der Waals surface area (Å²) in [4.78, 5) is 31.2. The van der Waals surface area contributed by atoms with Gasteiger partial charge in [-0.1, -0.05) is 41.4 Å². The van der Waals surface area contributed by atoms with Crippen molar-refractivity contribution in [2.45, 2.75) is 20.0 Å². The van der Waals surface area contributed by atoms with E-state index in [1.165, 1.54) is 0 Å². The third kappa shape index (κ3) is 3.84. The van der Waals surface area contributed by atoms with Gasteiger partial charge in [-0.15, -0.1) is 0 Å². The number of halogens is 2. The second kappa shape index (κ2) is 8.21. The van der Waals surface area contributed by atoms with Crippen LogP contribution in [-0.4, -0.2) is 34.0 Å². The maximum absolute atomic E-state index is 13.1. The minimum absolute atomic E-state index is 0.0297. The Hall–Kier alpha value is -3.09. The zero-order chi connectivity index (χ0) is 22.3. The van der Waals surface area contributed by atoms with Crippen molar-refractivity contribution in [3.8, 4) is 16.9 Å². The van der Waals surface area contributed by atoms with Crippen LogP contribution in [0, 0.1) is 6.92 Å². The molecule has 1 aliphatic rings. The van der Waals surface area contributed by atoms with Crippen molar-refractivity contribution < 1.29 is 19.4 Å². The molecule has 0 atom stereocenters. The maximum atomic E-state index is 13.1. The van der Waals surface area contributed by atoms with Crippen LogP contribution in [0.5, 0.6) is 5.75 Å². The molecule has 3 aromatic rings. The number of amides is 1. The topological polar surface area (TPSA) is 79.7 Å². The fourth-order valence-electron chi connectivity index (χ4n) is 3.81. The van der Waals surface area contributed by atoms with Crippen LogP contribution < -0.4 is 4.74 Å². The maximum Gasteiger partial charge on any atom is 0.338 e. The number of rotatable bonds is 5. The van der Waals surface area contributed by atoms with Crippen molar-refractivity contribution in [1.82, 2.24) is 9.88 Å². The summed E-state index contributed by atoms with van der Waals surface area (Å²) in [5, 5.41) is 10.6. The van der Waals surface area contributed by atoms with Crippen LogP contribution in [0.1, 0.15) is 37.7 Å². The molecule has 2 heterocycles. The summed E-state index contributed by atoms with van der Waals surface area (Å²) in [7, 11) is 1.59. The van der Waals surface area contributed by atoms with Crippen LogP contribution in [0.15, 0.2) is 42.5 Å². The summed E-state index contributed by atoms with van der Waals surface area (Å²) in [6, 6.07) is 12.3. The zero-order valence-electron chi connectivity index (χ0n) is 16.8. The van der Waals surface area contributed by atoms with Crippen LogP contribution in [0.3, 0.4) is 0 Å². The van der Waals surface area contributed by atoms with E-state index in [4.69, 9.17) is 27.9 Å². The lowest BCUT2D eigenvalue weighted by Gasteiger charge is -2.17.